The molecule has 6 nitrogen and oxygen atoms in total. The van der Waals surface area contributed by atoms with Gasteiger partial charge in [-0.1, -0.05) is 20.8 Å². The van der Waals surface area contributed by atoms with Gasteiger partial charge in [0.1, 0.15) is 24.4 Å². The van der Waals surface area contributed by atoms with Crippen molar-refractivity contribution in [1.82, 2.24) is 0 Å². The largest absolute Gasteiger partial charge is 0.394 e. The molecule has 17 heavy (non-hydrogen) atoms. The molecule has 1 aliphatic heterocycles. The van der Waals surface area contributed by atoms with Gasteiger partial charge in [-0.15, -0.1) is 0 Å². The zero-order valence-electron chi connectivity index (χ0n) is 10.5. The summed E-state index contributed by atoms with van der Waals surface area (Å²) in [5.74, 6) is 5.14. The highest BCUT2D eigenvalue weighted by atomic mass is 16.7. The number of hydrogen-bond acceptors (Lipinski definition) is 6. The minimum atomic E-state index is -1.19. The quantitative estimate of drug-likeness (QED) is 0.486. The molecule has 0 aliphatic carbocycles. The van der Waals surface area contributed by atoms with Gasteiger partial charge in [0.2, 0.25) is 0 Å². The third-order valence-electron chi connectivity index (χ3n) is 2.93. The van der Waals surface area contributed by atoms with Gasteiger partial charge >= 0.3 is 0 Å². The number of nitrogens with two attached hydrogens (primary N) is 1. The Kier molecular flexibility index (Phi) is 4.88. The van der Waals surface area contributed by atoms with Crippen molar-refractivity contribution in [3.63, 3.8) is 0 Å². The molecular weight excluding hydrogens is 226 g/mol. The van der Waals surface area contributed by atoms with Crippen LogP contribution in [0.15, 0.2) is 0 Å². The molecule has 1 rings (SSSR count). The summed E-state index contributed by atoms with van der Waals surface area (Å²) in [4.78, 5) is 4.71. The smallest absolute Gasteiger partial charge is 0.133 e. The molecule has 0 aromatic heterocycles. The molecule has 5 N–H and O–H groups in total. The Morgan fingerprint density at radius 1 is 1.18 bits per heavy atom. The maximum Gasteiger partial charge on any atom is 0.133 e. The van der Waals surface area contributed by atoms with Crippen molar-refractivity contribution in [1.29, 1.82) is 0 Å². The zero-order chi connectivity index (χ0) is 13.2. The van der Waals surface area contributed by atoms with E-state index >= 15 is 0 Å². The lowest BCUT2D eigenvalue weighted by molar-refractivity contribution is -0.247. The summed E-state index contributed by atoms with van der Waals surface area (Å²) >= 11 is 0. The molecule has 1 saturated heterocycles. The van der Waals surface area contributed by atoms with E-state index in [-0.39, 0.29) is 12.0 Å². The van der Waals surface area contributed by atoms with Gasteiger partial charge in [0, 0.05) is 0 Å². The zero-order valence-corrected chi connectivity index (χ0v) is 10.5. The van der Waals surface area contributed by atoms with Crippen molar-refractivity contribution in [2.45, 2.75) is 57.7 Å². The number of rotatable bonds is 3. The second-order valence-corrected chi connectivity index (χ2v) is 5.74. The van der Waals surface area contributed by atoms with Crippen LogP contribution in [0.4, 0.5) is 0 Å². The van der Waals surface area contributed by atoms with E-state index in [1.807, 2.05) is 20.8 Å². The van der Waals surface area contributed by atoms with Gasteiger partial charge in [0.15, 0.2) is 0 Å². The fourth-order valence-corrected chi connectivity index (χ4v) is 2.10. The van der Waals surface area contributed by atoms with Crippen molar-refractivity contribution in [3.05, 3.63) is 0 Å². The summed E-state index contributed by atoms with van der Waals surface area (Å²) in [5.41, 5.74) is -0.0382. The van der Waals surface area contributed by atoms with Gasteiger partial charge in [-0.05, 0) is 11.8 Å². The predicted molar refractivity (Wildman–Crippen MR) is 60.9 cm³/mol. The highest BCUT2D eigenvalue weighted by molar-refractivity contribution is 4.94. The number of aliphatic hydroxyl groups is 3. The van der Waals surface area contributed by atoms with Gasteiger partial charge in [0.05, 0.1) is 12.7 Å². The lowest BCUT2D eigenvalue weighted by atomic mass is 9.83. The summed E-state index contributed by atoms with van der Waals surface area (Å²) in [6, 6.07) is 0. The van der Waals surface area contributed by atoms with Crippen LogP contribution < -0.4 is 5.90 Å². The third-order valence-corrected chi connectivity index (χ3v) is 2.93. The molecule has 0 aromatic rings. The van der Waals surface area contributed by atoms with E-state index in [4.69, 9.17) is 20.6 Å². The molecule has 102 valence electrons. The van der Waals surface area contributed by atoms with Crippen LogP contribution in [0.25, 0.3) is 0 Å². The Morgan fingerprint density at radius 2 is 1.76 bits per heavy atom. The van der Waals surface area contributed by atoms with Crippen molar-refractivity contribution in [2.75, 3.05) is 6.61 Å². The summed E-state index contributed by atoms with van der Waals surface area (Å²) in [6.07, 6.45) is -3.77. The maximum absolute atomic E-state index is 9.86. The van der Waals surface area contributed by atoms with E-state index in [0.717, 1.165) is 0 Å². The molecule has 0 saturated carbocycles. The minimum absolute atomic E-state index is 0.0382. The van der Waals surface area contributed by atoms with Gasteiger partial charge in [0.25, 0.3) is 0 Å². The van der Waals surface area contributed by atoms with E-state index in [1.54, 1.807) is 0 Å². The van der Waals surface area contributed by atoms with Crippen LogP contribution in [0.5, 0.6) is 0 Å². The van der Waals surface area contributed by atoms with Gasteiger partial charge < -0.3 is 20.1 Å². The molecule has 1 heterocycles. The Morgan fingerprint density at radius 3 is 2.18 bits per heavy atom. The van der Waals surface area contributed by atoms with Crippen LogP contribution in [0.2, 0.25) is 0 Å². The molecule has 1 aliphatic rings. The monoisotopic (exact) mass is 249 g/mol. The average molecular weight is 249 g/mol. The van der Waals surface area contributed by atoms with E-state index in [1.165, 1.54) is 0 Å². The first kappa shape index (κ1) is 14.8. The Labute approximate surface area is 101 Å². The van der Waals surface area contributed by atoms with Crippen LogP contribution in [-0.2, 0) is 9.57 Å². The van der Waals surface area contributed by atoms with Crippen molar-refractivity contribution in [3.8, 4) is 0 Å². The van der Waals surface area contributed by atoms with E-state index in [9.17, 15) is 10.2 Å². The molecule has 0 aromatic carbocycles. The van der Waals surface area contributed by atoms with Crippen molar-refractivity contribution < 1.29 is 24.9 Å². The van der Waals surface area contributed by atoms with E-state index in [0.29, 0.717) is 6.42 Å². The standard InChI is InChI=1S/C11H23NO5/c1-11(2,3)4-6-10(17-12)9(15)8(14)7(5-13)16-6/h6-10,13-15H,4-5,12H2,1-3H3/t6-,7?,8-,9-,10-/m0/s1. The third kappa shape index (κ3) is 3.61. The summed E-state index contributed by atoms with van der Waals surface area (Å²) < 4.78 is 5.53. The normalized spacial score (nSPS) is 39.4. The molecule has 1 unspecified atom stereocenters. The number of aliphatic hydroxyl groups excluding tert-OH is 3. The molecule has 1 fully saturated rings. The second-order valence-electron chi connectivity index (χ2n) is 5.74. The first-order chi connectivity index (χ1) is 7.80. The van der Waals surface area contributed by atoms with Crippen LogP contribution >= 0.6 is 0 Å². The van der Waals surface area contributed by atoms with Crippen LogP contribution in [-0.4, -0.2) is 52.4 Å². The van der Waals surface area contributed by atoms with E-state index in [2.05, 4.69) is 0 Å². The highest BCUT2D eigenvalue weighted by Crippen LogP contribution is 2.31. The molecule has 0 radical (unpaired) electrons. The fraction of sp³-hybridized carbons (Fsp3) is 1.00. The first-order valence-corrected chi connectivity index (χ1v) is 5.78. The summed E-state index contributed by atoms with van der Waals surface area (Å²) in [6.45, 7) is 5.72. The number of hydrogen-bond donors (Lipinski definition) is 4. The van der Waals surface area contributed by atoms with Gasteiger partial charge in [-0.3, -0.25) is 4.84 Å². The number of ether oxygens (including phenoxy) is 1. The SMILES string of the molecule is CC(C)(C)C[C@@H]1OC(CO)[C@H](O)[C@H](O)[C@H]1ON. The molecule has 5 atom stereocenters. The molecule has 0 amide bonds. The first-order valence-electron chi connectivity index (χ1n) is 5.78. The van der Waals surface area contributed by atoms with Crippen molar-refractivity contribution >= 4 is 0 Å². The Bertz CT molecular complexity index is 243. The maximum atomic E-state index is 9.86. The summed E-state index contributed by atoms with van der Waals surface area (Å²) in [5, 5.41) is 28.6. The Balaban J connectivity index is 2.79. The molecule has 6 heteroatoms. The predicted octanol–water partition coefficient (Wildman–Crippen LogP) is -0.837. The highest BCUT2D eigenvalue weighted by Gasteiger charge is 2.45. The van der Waals surface area contributed by atoms with E-state index < -0.39 is 30.5 Å². The Hall–Kier alpha value is -0.240. The van der Waals surface area contributed by atoms with Gasteiger partial charge in [-0.2, -0.15) is 0 Å². The topological polar surface area (TPSA) is 105 Å². The van der Waals surface area contributed by atoms with Crippen LogP contribution in [0, 0.1) is 5.41 Å². The molecule has 0 bridgehead atoms. The average Bonchev–Trinajstić information content (AvgIpc) is 2.21. The summed E-state index contributed by atoms with van der Waals surface area (Å²) in [7, 11) is 0. The van der Waals surface area contributed by atoms with Crippen LogP contribution in [0.3, 0.4) is 0 Å². The molecule has 0 spiro atoms. The van der Waals surface area contributed by atoms with Crippen LogP contribution in [0.1, 0.15) is 27.2 Å². The molecular formula is C11H23NO5. The minimum Gasteiger partial charge on any atom is -0.394 e. The lowest BCUT2D eigenvalue weighted by Crippen LogP contribution is -2.60. The van der Waals surface area contributed by atoms with Gasteiger partial charge in [-0.25, -0.2) is 5.90 Å². The fourth-order valence-electron chi connectivity index (χ4n) is 2.10. The lowest BCUT2D eigenvalue weighted by Gasteiger charge is -2.43. The second kappa shape index (κ2) is 5.60. The van der Waals surface area contributed by atoms with Crippen molar-refractivity contribution in [2.24, 2.45) is 11.3 Å².